The van der Waals surface area contributed by atoms with Crippen LogP contribution < -0.4 is 20.1 Å². The number of aromatic nitrogens is 2. The largest absolute Gasteiger partial charge is 0.494 e. The number of nitrogens with zero attached hydrogens (tertiary/aromatic N) is 2. The van der Waals surface area contributed by atoms with E-state index in [0.29, 0.717) is 30.5 Å². The van der Waals surface area contributed by atoms with Gasteiger partial charge in [0, 0.05) is 10.9 Å². The van der Waals surface area contributed by atoms with Crippen LogP contribution in [0.15, 0.2) is 71.5 Å². The van der Waals surface area contributed by atoms with Crippen LogP contribution in [0.5, 0.6) is 11.5 Å². The molecule has 6 heteroatoms. The highest BCUT2D eigenvalue weighted by Gasteiger charge is 2.15. The van der Waals surface area contributed by atoms with Crippen LogP contribution in [-0.2, 0) is 6.54 Å². The van der Waals surface area contributed by atoms with Gasteiger partial charge < -0.3 is 14.4 Å². The van der Waals surface area contributed by atoms with Crippen molar-refractivity contribution in [2.75, 3.05) is 32.8 Å². The number of ether oxygens (including phenoxy) is 2. The van der Waals surface area contributed by atoms with Crippen molar-refractivity contribution in [3.05, 3.63) is 88.3 Å². The molecule has 0 spiro atoms. The first-order valence-electron chi connectivity index (χ1n) is 16.8. The van der Waals surface area contributed by atoms with Crippen molar-refractivity contribution in [3.63, 3.8) is 0 Å². The van der Waals surface area contributed by atoms with Crippen molar-refractivity contribution in [1.29, 1.82) is 0 Å². The molecule has 0 amide bonds. The summed E-state index contributed by atoms with van der Waals surface area (Å²) in [5.41, 5.74) is 4.24. The van der Waals surface area contributed by atoms with Gasteiger partial charge >= 0.3 is 5.69 Å². The van der Waals surface area contributed by atoms with Crippen LogP contribution in [0.25, 0.3) is 22.2 Å². The van der Waals surface area contributed by atoms with Crippen molar-refractivity contribution < 1.29 is 14.4 Å². The van der Waals surface area contributed by atoms with E-state index >= 15 is 0 Å². The van der Waals surface area contributed by atoms with E-state index in [2.05, 4.69) is 36.9 Å². The lowest BCUT2D eigenvalue weighted by molar-refractivity contribution is -0.905. The quantitative estimate of drug-likeness (QED) is 0.122. The topological polar surface area (TPSA) is 57.8 Å². The lowest BCUT2D eigenvalue weighted by Crippen LogP contribution is -3.12. The Bertz CT molecular complexity index is 1630. The lowest BCUT2D eigenvalue weighted by atomic mass is 9.99. The second-order valence-corrected chi connectivity index (χ2v) is 12.6. The zero-order valence-electron chi connectivity index (χ0n) is 27.0. The number of quaternary nitrogens is 1. The van der Waals surface area contributed by atoms with E-state index in [9.17, 15) is 4.79 Å². The minimum absolute atomic E-state index is 0.170. The number of terminal acetylenes is 1. The Hall–Kier alpha value is -4.08. The zero-order chi connectivity index (χ0) is 31.4. The summed E-state index contributed by atoms with van der Waals surface area (Å²) in [6, 6.07) is 22.0. The summed E-state index contributed by atoms with van der Waals surface area (Å²) in [5.74, 6) is 4.41. The minimum Gasteiger partial charge on any atom is -0.494 e. The van der Waals surface area contributed by atoms with Gasteiger partial charge in [-0.3, -0.25) is 4.57 Å². The van der Waals surface area contributed by atoms with Crippen LogP contribution in [-0.4, -0.2) is 42.4 Å². The fourth-order valence-electron chi connectivity index (χ4n) is 6.29. The van der Waals surface area contributed by atoms with Crippen molar-refractivity contribution >= 4 is 10.9 Å². The molecule has 0 unspecified atom stereocenters. The first-order chi connectivity index (χ1) is 22.0. The molecule has 1 aliphatic heterocycles. The lowest BCUT2D eigenvalue weighted by Gasteiger charge is -2.23. The molecule has 2 heterocycles. The van der Waals surface area contributed by atoms with E-state index in [-0.39, 0.29) is 12.3 Å². The van der Waals surface area contributed by atoms with Crippen molar-refractivity contribution in [2.45, 2.75) is 77.7 Å². The highest BCUT2D eigenvalue weighted by atomic mass is 16.5. The smallest absolute Gasteiger partial charge is 0.348 e. The predicted molar refractivity (Wildman–Crippen MR) is 183 cm³/mol. The third-order valence-corrected chi connectivity index (χ3v) is 8.87. The van der Waals surface area contributed by atoms with Gasteiger partial charge in [0.1, 0.15) is 18.1 Å². The molecule has 0 saturated carbocycles. The van der Waals surface area contributed by atoms with Crippen LogP contribution in [0.1, 0.15) is 82.3 Å². The number of benzene rings is 3. The monoisotopic (exact) mass is 606 g/mol. The molecule has 1 saturated heterocycles. The molecule has 0 radical (unpaired) electrons. The summed E-state index contributed by atoms with van der Waals surface area (Å²) >= 11 is 0. The van der Waals surface area contributed by atoms with Gasteiger partial charge in [0.05, 0.1) is 44.0 Å². The molecular formula is C39H48N3O3+. The molecule has 3 aromatic carbocycles. The molecular weight excluding hydrogens is 558 g/mol. The van der Waals surface area contributed by atoms with Gasteiger partial charge in [-0.2, -0.15) is 4.98 Å². The minimum atomic E-state index is -0.295. The summed E-state index contributed by atoms with van der Waals surface area (Å²) in [7, 11) is 0. The highest BCUT2D eigenvalue weighted by Crippen LogP contribution is 2.30. The van der Waals surface area contributed by atoms with Crippen LogP contribution >= 0.6 is 0 Å². The fourth-order valence-corrected chi connectivity index (χ4v) is 6.29. The molecule has 1 aromatic heterocycles. The molecule has 0 bridgehead atoms. The van der Waals surface area contributed by atoms with Crippen molar-refractivity contribution in [3.8, 4) is 35.1 Å². The van der Waals surface area contributed by atoms with Crippen LogP contribution in [0, 0.1) is 12.3 Å². The maximum absolute atomic E-state index is 13.5. The summed E-state index contributed by atoms with van der Waals surface area (Å²) in [5, 5.41) is 0.839. The standard InChI is InChI=1S/C39H47N3O3/c1-4-25-44-35-20-21-37-36(28-35)38(33-18-16-32(17-19-33)30(2)3)40-39(43)42(37)29-31-14-13-15-34(27-31)45-26-12-7-5-6-9-22-41-23-10-8-11-24-41/h1,13-21,27-28,30H,5-12,22-26,29H2,2-3H3/p+1. The third-order valence-electron chi connectivity index (χ3n) is 8.87. The molecule has 0 atom stereocenters. The van der Waals surface area contributed by atoms with Crippen LogP contribution in [0.4, 0.5) is 0 Å². The summed E-state index contributed by atoms with van der Waals surface area (Å²) in [6.07, 6.45) is 15.8. The number of hydrogen-bond acceptors (Lipinski definition) is 4. The number of piperidine rings is 1. The summed E-state index contributed by atoms with van der Waals surface area (Å²) in [4.78, 5) is 19.9. The Morgan fingerprint density at radius 1 is 0.889 bits per heavy atom. The number of hydrogen-bond donors (Lipinski definition) is 1. The van der Waals surface area contributed by atoms with Crippen LogP contribution in [0.3, 0.4) is 0 Å². The predicted octanol–water partition coefficient (Wildman–Crippen LogP) is 6.65. The maximum atomic E-state index is 13.5. The molecule has 5 rings (SSSR count). The highest BCUT2D eigenvalue weighted by molar-refractivity contribution is 5.93. The summed E-state index contributed by atoms with van der Waals surface area (Å²) < 4.78 is 13.6. The van der Waals surface area contributed by atoms with Crippen LogP contribution in [0.2, 0.25) is 0 Å². The molecule has 1 fully saturated rings. The molecule has 1 aliphatic rings. The van der Waals surface area contributed by atoms with E-state index < -0.39 is 0 Å². The number of fused-ring (bicyclic) bond motifs is 1. The SMILES string of the molecule is C#CCOc1ccc2c(c1)c(-c1ccc(C(C)C)cc1)nc(=O)n2Cc1cccc(OCCCCCCC[NH+]2CCCCC2)c1. The number of unbranched alkanes of at least 4 members (excludes halogenated alkanes) is 4. The second kappa shape index (κ2) is 16.3. The Labute approximate surface area is 268 Å². The van der Waals surface area contributed by atoms with E-state index in [4.69, 9.17) is 15.9 Å². The van der Waals surface area contributed by atoms with Gasteiger partial charge in [0.15, 0.2) is 0 Å². The first kappa shape index (κ1) is 32.3. The van der Waals surface area contributed by atoms with Gasteiger partial charge in [-0.1, -0.05) is 69.0 Å². The zero-order valence-corrected chi connectivity index (χ0v) is 27.0. The molecule has 236 valence electrons. The van der Waals surface area contributed by atoms with Gasteiger partial charge in [0.25, 0.3) is 0 Å². The fraction of sp³-hybridized carbons (Fsp3) is 0.436. The van der Waals surface area contributed by atoms with Crippen molar-refractivity contribution in [2.24, 2.45) is 0 Å². The normalized spacial score (nSPS) is 13.6. The first-order valence-corrected chi connectivity index (χ1v) is 16.8. The molecule has 0 aliphatic carbocycles. The van der Waals surface area contributed by atoms with Gasteiger partial charge in [-0.15, -0.1) is 6.42 Å². The van der Waals surface area contributed by atoms with Crippen molar-refractivity contribution in [1.82, 2.24) is 9.55 Å². The number of nitrogens with one attached hydrogen (secondary N) is 1. The Morgan fingerprint density at radius 2 is 1.64 bits per heavy atom. The molecule has 45 heavy (non-hydrogen) atoms. The Balaban J connectivity index is 1.25. The third kappa shape index (κ3) is 8.99. The second-order valence-electron chi connectivity index (χ2n) is 12.6. The van der Waals surface area contributed by atoms with Gasteiger partial charge in [-0.05, 0) is 85.9 Å². The molecule has 4 aromatic rings. The van der Waals surface area contributed by atoms with Gasteiger partial charge in [-0.25, -0.2) is 4.79 Å². The van der Waals surface area contributed by atoms with E-state index in [1.165, 1.54) is 70.1 Å². The number of rotatable bonds is 15. The number of likely N-dealkylation sites (tertiary alicyclic amines) is 1. The van der Waals surface area contributed by atoms with E-state index in [1.807, 2.05) is 59.5 Å². The Morgan fingerprint density at radius 3 is 2.42 bits per heavy atom. The Kier molecular flexibility index (Phi) is 11.7. The molecule has 6 nitrogen and oxygen atoms in total. The molecule has 1 N–H and O–H groups in total. The average molecular weight is 607 g/mol. The van der Waals surface area contributed by atoms with E-state index in [0.717, 1.165) is 34.2 Å². The summed E-state index contributed by atoms with van der Waals surface area (Å²) in [6.45, 7) is 9.67. The maximum Gasteiger partial charge on any atom is 0.348 e. The van der Waals surface area contributed by atoms with E-state index in [1.54, 1.807) is 4.57 Å². The average Bonchev–Trinajstić information content (AvgIpc) is 3.06. The van der Waals surface area contributed by atoms with Gasteiger partial charge in [0.2, 0.25) is 0 Å².